The van der Waals surface area contributed by atoms with Crippen LogP contribution in [-0.2, 0) is 13.0 Å². The zero-order valence-electron chi connectivity index (χ0n) is 11.7. The number of aromatic nitrogens is 1. The summed E-state index contributed by atoms with van der Waals surface area (Å²) < 4.78 is 0. The van der Waals surface area contributed by atoms with Crippen LogP contribution in [0.25, 0.3) is 0 Å². The van der Waals surface area contributed by atoms with Crippen LogP contribution < -0.4 is 10.2 Å². The number of nitrogens with one attached hydrogen (secondary N) is 1. The first kappa shape index (κ1) is 12.8. The minimum absolute atomic E-state index is 0.0265. The first-order valence-corrected chi connectivity index (χ1v) is 8.20. The molecule has 1 aliphatic heterocycles. The van der Waals surface area contributed by atoms with E-state index >= 15 is 0 Å². The highest BCUT2D eigenvalue weighted by Gasteiger charge is 2.25. The Morgan fingerprint density at radius 1 is 1.29 bits per heavy atom. The van der Waals surface area contributed by atoms with Gasteiger partial charge in [0.2, 0.25) is 0 Å². The van der Waals surface area contributed by atoms with E-state index < -0.39 is 0 Å². The second-order valence-electron chi connectivity index (χ2n) is 5.70. The van der Waals surface area contributed by atoms with Crippen LogP contribution in [0.3, 0.4) is 0 Å². The summed E-state index contributed by atoms with van der Waals surface area (Å²) >= 11 is 1.49. The summed E-state index contributed by atoms with van der Waals surface area (Å²) in [7, 11) is 0. The fourth-order valence-electron chi connectivity index (χ4n) is 2.66. The Labute approximate surface area is 127 Å². The predicted molar refractivity (Wildman–Crippen MR) is 83.8 cm³/mol. The van der Waals surface area contributed by atoms with Gasteiger partial charge in [0.05, 0.1) is 6.20 Å². The van der Waals surface area contributed by atoms with Crippen LogP contribution in [0, 0.1) is 0 Å². The average molecular weight is 299 g/mol. The van der Waals surface area contributed by atoms with Gasteiger partial charge in [-0.15, -0.1) is 0 Å². The number of anilines is 1. The van der Waals surface area contributed by atoms with Gasteiger partial charge in [0, 0.05) is 19.1 Å². The predicted octanol–water partition coefficient (Wildman–Crippen LogP) is 2.60. The van der Waals surface area contributed by atoms with E-state index in [9.17, 15) is 4.79 Å². The second-order valence-corrected chi connectivity index (χ2v) is 6.70. The monoisotopic (exact) mass is 299 g/mol. The molecule has 0 saturated heterocycles. The first-order chi connectivity index (χ1) is 10.3. The summed E-state index contributed by atoms with van der Waals surface area (Å²) in [6.07, 6.45) is 4.97. The van der Waals surface area contributed by atoms with Gasteiger partial charge in [-0.3, -0.25) is 4.79 Å². The minimum Gasteiger partial charge on any atom is -0.349 e. The number of hydrogen-bond donors (Lipinski definition) is 1. The second kappa shape index (κ2) is 5.15. The van der Waals surface area contributed by atoms with E-state index in [0.717, 1.165) is 42.4 Å². The largest absolute Gasteiger partial charge is 0.349 e. The van der Waals surface area contributed by atoms with Crippen molar-refractivity contribution in [2.75, 3.05) is 11.4 Å². The summed E-state index contributed by atoms with van der Waals surface area (Å²) in [5.74, 6) is 0.0265. The summed E-state index contributed by atoms with van der Waals surface area (Å²) in [5.41, 5.74) is 2.79. The maximum atomic E-state index is 12.0. The van der Waals surface area contributed by atoms with Crippen LogP contribution in [0.15, 0.2) is 30.5 Å². The molecule has 2 heterocycles. The van der Waals surface area contributed by atoms with Crippen LogP contribution in [0.2, 0.25) is 0 Å². The lowest BCUT2D eigenvalue weighted by atomic mass is 10.0. The Kier molecular flexibility index (Phi) is 3.15. The van der Waals surface area contributed by atoms with Gasteiger partial charge in [0.25, 0.3) is 5.91 Å². The van der Waals surface area contributed by atoms with Crippen LogP contribution in [0.1, 0.15) is 33.6 Å². The maximum absolute atomic E-state index is 12.0. The van der Waals surface area contributed by atoms with Crippen molar-refractivity contribution in [2.24, 2.45) is 0 Å². The highest BCUT2D eigenvalue weighted by molar-refractivity contribution is 7.17. The van der Waals surface area contributed by atoms with E-state index in [4.69, 9.17) is 0 Å². The standard InChI is InChI=1S/C16H17N3OS/c20-15(18-13-5-6-13)14-9-17-16(21-14)19-8-7-11-3-1-2-4-12(11)10-19/h1-4,9,13H,5-8,10H2,(H,18,20). The van der Waals surface area contributed by atoms with E-state index in [0.29, 0.717) is 6.04 Å². The molecule has 4 nitrogen and oxygen atoms in total. The third-order valence-corrected chi connectivity index (χ3v) is 5.09. The number of benzene rings is 1. The molecule has 5 heteroatoms. The molecule has 1 aromatic heterocycles. The molecule has 1 aliphatic carbocycles. The van der Waals surface area contributed by atoms with Crippen LogP contribution in [0.5, 0.6) is 0 Å². The zero-order valence-corrected chi connectivity index (χ0v) is 12.5. The van der Waals surface area contributed by atoms with Crippen molar-refractivity contribution in [1.29, 1.82) is 0 Å². The number of amides is 1. The Morgan fingerprint density at radius 3 is 2.90 bits per heavy atom. The molecule has 2 aromatic rings. The molecule has 0 spiro atoms. The third kappa shape index (κ3) is 2.65. The topological polar surface area (TPSA) is 45.2 Å². The molecule has 1 N–H and O–H groups in total. The SMILES string of the molecule is O=C(NC1CC1)c1cnc(N2CCc3ccccc3C2)s1. The van der Waals surface area contributed by atoms with Gasteiger partial charge in [-0.1, -0.05) is 35.6 Å². The smallest absolute Gasteiger partial charge is 0.263 e. The van der Waals surface area contributed by atoms with E-state index in [1.807, 2.05) is 0 Å². The van der Waals surface area contributed by atoms with Crippen molar-refractivity contribution in [1.82, 2.24) is 10.3 Å². The number of rotatable bonds is 3. The minimum atomic E-state index is 0.0265. The number of thiazole rings is 1. The highest BCUT2D eigenvalue weighted by atomic mass is 32.1. The van der Waals surface area contributed by atoms with E-state index in [2.05, 4.69) is 39.5 Å². The molecule has 1 aromatic carbocycles. The fourth-order valence-corrected chi connectivity index (χ4v) is 3.50. The number of carbonyl (C=O) groups is 1. The van der Waals surface area contributed by atoms with Crippen LogP contribution in [-0.4, -0.2) is 23.5 Å². The lowest BCUT2D eigenvalue weighted by molar-refractivity contribution is 0.0955. The number of hydrogen-bond acceptors (Lipinski definition) is 4. The fraction of sp³-hybridized carbons (Fsp3) is 0.375. The van der Waals surface area contributed by atoms with Crippen molar-refractivity contribution in [3.8, 4) is 0 Å². The Morgan fingerprint density at radius 2 is 2.10 bits per heavy atom. The highest BCUT2D eigenvalue weighted by Crippen LogP contribution is 2.28. The average Bonchev–Trinajstić information content (AvgIpc) is 3.18. The lowest BCUT2D eigenvalue weighted by Crippen LogP contribution is -2.30. The Balaban J connectivity index is 1.50. The summed E-state index contributed by atoms with van der Waals surface area (Å²) in [6, 6.07) is 8.94. The molecule has 0 bridgehead atoms. The van der Waals surface area contributed by atoms with Gasteiger partial charge in [0.15, 0.2) is 5.13 Å². The molecule has 4 rings (SSSR count). The first-order valence-electron chi connectivity index (χ1n) is 7.38. The van der Waals surface area contributed by atoms with Crippen molar-refractivity contribution in [3.63, 3.8) is 0 Å². The van der Waals surface area contributed by atoms with Crippen molar-refractivity contribution in [3.05, 3.63) is 46.5 Å². The molecular weight excluding hydrogens is 282 g/mol. The number of carbonyl (C=O) groups excluding carboxylic acids is 1. The summed E-state index contributed by atoms with van der Waals surface area (Å²) in [4.78, 5) is 19.5. The molecule has 0 atom stereocenters. The molecule has 2 aliphatic rings. The molecule has 1 saturated carbocycles. The van der Waals surface area contributed by atoms with Gasteiger partial charge >= 0.3 is 0 Å². The Hall–Kier alpha value is -1.88. The van der Waals surface area contributed by atoms with Crippen molar-refractivity contribution < 1.29 is 4.79 Å². The third-order valence-electron chi connectivity index (χ3n) is 4.03. The molecule has 21 heavy (non-hydrogen) atoms. The zero-order chi connectivity index (χ0) is 14.2. The molecule has 0 unspecified atom stereocenters. The van der Waals surface area contributed by atoms with Crippen molar-refractivity contribution in [2.45, 2.75) is 31.8 Å². The number of nitrogens with zero attached hydrogens (tertiary/aromatic N) is 2. The molecule has 108 valence electrons. The van der Waals surface area contributed by atoms with Gasteiger partial charge in [-0.2, -0.15) is 0 Å². The molecule has 1 fully saturated rings. The lowest BCUT2D eigenvalue weighted by Gasteiger charge is -2.28. The summed E-state index contributed by atoms with van der Waals surface area (Å²) in [6.45, 7) is 1.85. The van der Waals surface area contributed by atoms with Gasteiger partial charge in [-0.25, -0.2) is 4.98 Å². The molecular formula is C16H17N3OS. The van der Waals surface area contributed by atoms with Crippen LogP contribution >= 0.6 is 11.3 Å². The normalized spacial score (nSPS) is 17.4. The Bertz CT molecular complexity index is 678. The maximum Gasteiger partial charge on any atom is 0.263 e. The van der Waals surface area contributed by atoms with Crippen molar-refractivity contribution >= 4 is 22.4 Å². The van der Waals surface area contributed by atoms with E-state index in [-0.39, 0.29) is 5.91 Å². The number of fused-ring (bicyclic) bond motifs is 1. The van der Waals surface area contributed by atoms with Gasteiger partial charge in [-0.05, 0) is 30.4 Å². The van der Waals surface area contributed by atoms with Gasteiger partial charge < -0.3 is 10.2 Å². The van der Waals surface area contributed by atoms with Gasteiger partial charge in [0.1, 0.15) is 4.88 Å². The van der Waals surface area contributed by atoms with Crippen LogP contribution in [0.4, 0.5) is 5.13 Å². The summed E-state index contributed by atoms with van der Waals surface area (Å²) in [5, 5.41) is 3.96. The molecule has 1 amide bonds. The molecule has 0 radical (unpaired) electrons. The van der Waals surface area contributed by atoms with E-state index in [1.54, 1.807) is 6.20 Å². The van der Waals surface area contributed by atoms with E-state index in [1.165, 1.54) is 22.5 Å². The quantitative estimate of drug-likeness (QED) is 0.947.